The Hall–Kier alpha value is -2.54. The van der Waals surface area contributed by atoms with Crippen LogP contribution in [0.5, 0.6) is 0 Å². The van der Waals surface area contributed by atoms with E-state index in [0.717, 1.165) is 40.9 Å². The maximum Gasteiger partial charge on any atom is 0.409 e. The van der Waals surface area contributed by atoms with Crippen molar-refractivity contribution in [1.82, 2.24) is 9.80 Å². The summed E-state index contributed by atoms with van der Waals surface area (Å²) >= 11 is 1.74. The third kappa shape index (κ3) is 3.14. The lowest BCUT2D eigenvalue weighted by Crippen LogP contribution is -2.50. The minimum atomic E-state index is -0.228. The van der Waals surface area contributed by atoms with Crippen molar-refractivity contribution in [2.45, 2.75) is 13.8 Å². The Morgan fingerprint density at radius 3 is 2.81 bits per heavy atom. The fourth-order valence-electron chi connectivity index (χ4n) is 3.30. The van der Waals surface area contributed by atoms with Crippen LogP contribution in [0, 0.1) is 6.92 Å². The number of para-hydroxylation sites is 2. The molecule has 1 amide bonds. The molecular formula is C19H22N4O2S. The van der Waals surface area contributed by atoms with Crippen LogP contribution in [0.3, 0.4) is 0 Å². The van der Waals surface area contributed by atoms with Gasteiger partial charge in [0.25, 0.3) is 0 Å². The number of thiophene rings is 1. The fourth-order valence-corrected chi connectivity index (χ4v) is 4.22. The van der Waals surface area contributed by atoms with Gasteiger partial charge in [-0.15, -0.1) is 11.3 Å². The number of hydrogen-bond acceptors (Lipinski definition) is 6. The van der Waals surface area contributed by atoms with Crippen LogP contribution in [-0.2, 0) is 4.74 Å². The summed E-state index contributed by atoms with van der Waals surface area (Å²) in [6, 6.07) is 10.3. The molecule has 0 saturated carbocycles. The van der Waals surface area contributed by atoms with Crippen LogP contribution in [0.1, 0.15) is 17.4 Å². The Bertz CT molecular complexity index is 853. The molecule has 1 aromatic carbocycles. The molecule has 1 saturated heterocycles. The van der Waals surface area contributed by atoms with Gasteiger partial charge in [-0.25, -0.2) is 9.79 Å². The summed E-state index contributed by atoms with van der Waals surface area (Å²) < 4.78 is 5.12. The van der Waals surface area contributed by atoms with E-state index in [2.05, 4.69) is 29.3 Å². The van der Waals surface area contributed by atoms with Crippen LogP contribution in [0.25, 0.3) is 0 Å². The summed E-state index contributed by atoms with van der Waals surface area (Å²) in [6.07, 6.45) is -0.228. The molecule has 1 N–H and O–H groups in total. The normalized spacial score (nSPS) is 16.2. The lowest BCUT2D eigenvalue weighted by Gasteiger charge is -2.35. The van der Waals surface area contributed by atoms with Crippen LogP contribution in [-0.4, -0.2) is 54.5 Å². The lowest BCUT2D eigenvalue weighted by molar-refractivity contribution is 0.0921. The number of hydrogen-bond donors (Lipinski definition) is 1. The van der Waals surface area contributed by atoms with E-state index in [-0.39, 0.29) is 6.09 Å². The maximum absolute atomic E-state index is 11.9. The van der Waals surface area contributed by atoms with Crippen LogP contribution >= 0.6 is 11.3 Å². The molecule has 7 heteroatoms. The average molecular weight is 370 g/mol. The van der Waals surface area contributed by atoms with E-state index in [0.29, 0.717) is 19.7 Å². The van der Waals surface area contributed by atoms with Gasteiger partial charge in [-0.2, -0.15) is 0 Å². The number of rotatable bonds is 1. The first-order chi connectivity index (χ1) is 12.7. The number of aliphatic imine (C=N–C) groups is 1. The highest BCUT2D eigenvalue weighted by molar-refractivity contribution is 7.16. The molecule has 0 radical (unpaired) electrons. The van der Waals surface area contributed by atoms with E-state index in [1.54, 1.807) is 16.2 Å². The number of nitrogens with zero attached hydrogens (tertiary/aromatic N) is 3. The highest BCUT2D eigenvalue weighted by Gasteiger charge is 2.28. The van der Waals surface area contributed by atoms with E-state index >= 15 is 0 Å². The molecule has 0 spiro atoms. The SMILES string of the molecule is CCOC(=O)N1CCN(C2=Nc3ccccc3Nc3sc(C)cc32)CC1. The smallest absolute Gasteiger partial charge is 0.409 e. The highest BCUT2D eigenvalue weighted by Crippen LogP contribution is 2.39. The van der Waals surface area contributed by atoms with Gasteiger partial charge in [0.15, 0.2) is 0 Å². The zero-order chi connectivity index (χ0) is 18.1. The second kappa shape index (κ2) is 6.99. The van der Waals surface area contributed by atoms with Gasteiger partial charge in [0.05, 0.1) is 23.5 Å². The van der Waals surface area contributed by atoms with Gasteiger partial charge in [0.1, 0.15) is 10.8 Å². The molecule has 6 nitrogen and oxygen atoms in total. The molecule has 0 aliphatic carbocycles. The number of amidine groups is 1. The molecule has 1 aromatic heterocycles. The summed E-state index contributed by atoms with van der Waals surface area (Å²) in [5.74, 6) is 0.977. The van der Waals surface area contributed by atoms with Crippen LogP contribution in [0.2, 0.25) is 0 Å². The van der Waals surface area contributed by atoms with E-state index < -0.39 is 0 Å². The number of benzene rings is 1. The number of carbonyl (C=O) groups is 1. The number of carbonyl (C=O) groups excluding carboxylic acids is 1. The van der Waals surface area contributed by atoms with Crippen molar-refractivity contribution in [2.24, 2.45) is 4.99 Å². The monoisotopic (exact) mass is 370 g/mol. The number of nitrogens with one attached hydrogen (secondary N) is 1. The summed E-state index contributed by atoms with van der Waals surface area (Å²) in [4.78, 5) is 22.2. The van der Waals surface area contributed by atoms with Crippen molar-refractivity contribution >= 4 is 39.6 Å². The van der Waals surface area contributed by atoms with Gasteiger partial charge in [-0.3, -0.25) is 0 Å². The summed E-state index contributed by atoms with van der Waals surface area (Å²) in [5.41, 5.74) is 3.10. The molecule has 0 atom stereocenters. The van der Waals surface area contributed by atoms with Crippen molar-refractivity contribution in [2.75, 3.05) is 38.1 Å². The van der Waals surface area contributed by atoms with Crippen molar-refractivity contribution in [3.63, 3.8) is 0 Å². The molecule has 2 aliphatic rings. The first-order valence-corrected chi connectivity index (χ1v) is 9.69. The van der Waals surface area contributed by atoms with E-state index in [1.807, 2.05) is 25.1 Å². The molecule has 3 heterocycles. The second-order valence-corrected chi connectivity index (χ2v) is 7.61. The Labute approximate surface area is 157 Å². The zero-order valence-corrected chi connectivity index (χ0v) is 15.8. The van der Waals surface area contributed by atoms with Gasteiger partial charge >= 0.3 is 6.09 Å². The quantitative estimate of drug-likeness (QED) is 0.825. The molecule has 0 unspecified atom stereocenters. The number of amides is 1. The fraction of sp³-hybridized carbons (Fsp3) is 0.368. The Balaban J connectivity index is 1.63. The second-order valence-electron chi connectivity index (χ2n) is 6.35. The Morgan fingerprint density at radius 1 is 1.27 bits per heavy atom. The van der Waals surface area contributed by atoms with Gasteiger partial charge in [-0.05, 0) is 32.0 Å². The highest BCUT2D eigenvalue weighted by atomic mass is 32.1. The molecule has 136 valence electrons. The van der Waals surface area contributed by atoms with Gasteiger partial charge in [0.2, 0.25) is 0 Å². The molecular weight excluding hydrogens is 348 g/mol. The molecule has 2 aromatic rings. The van der Waals surface area contributed by atoms with Gasteiger partial charge in [-0.1, -0.05) is 12.1 Å². The summed E-state index contributed by atoms with van der Waals surface area (Å²) in [7, 11) is 0. The molecule has 4 rings (SSSR count). The molecule has 1 fully saturated rings. The first kappa shape index (κ1) is 16.9. The van der Waals surface area contributed by atoms with E-state index in [4.69, 9.17) is 9.73 Å². The number of aryl methyl sites for hydroxylation is 1. The van der Waals surface area contributed by atoms with Crippen molar-refractivity contribution in [1.29, 1.82) is 0 Å². The third-order valence-corrected chi connectivity index (χ3v) is 5.55. The lowest BCUT2D eigenvalue weighted by atomic mass is 10.2. The Kier molecular flexibility index (Phi) is 4.55. The van der Waals surface area contributed by atoms with Crippen LogP contribution < -0.4 is 5.32 Å². The van der Waals surface area contributed by atoms with Crippen LogP contribution in [0.15, 0.2) is 35.3 Å². The van der Waals surface area contributed by atoms with Gasteiger partial charge in [0, 0.05) is 31.1 Å². The largest absolute Gasteiger partial charge is 0.450 e. The minimum absolute atomic E-state index is 0.228. The zero-order valence-electron chi connectivity index (χ0n) is 15.0. The minimum Gasteiger partial charge on any atom is -0.450 e. The van der Waals surface area contributed by atoms with Crippen molar-refractivity contribution in [3.05, 3.63) is 40.8 Å². The predicted molar refractivity (Wildman–Crippen MR) is 105 cm³/mol. The maximum atomic E-state index is 11.9. The molecule has 2 aliphatic heterocycles. The van der Waals surface area contributed by atoms with Crippen molar-refractivity contribution < 1.29 is 9.53 Å². The standard InChI is InChI=1S/C19H22N4O2S/c1-3-25-19(24)23-10-8-22(9-11-23)17-14-12-13(2)26-18(14)21-16-7-5-4-6-15(16)20-17/h4-7,12,21H,3,8-11H2,1-2H3. The molecule has 0 bridgehead atoms. The number of piperazine rings is 1. The van der Waals surface area contributed by atoms with E-state index in [1.165, 1.54) is 4.88 Å². The Morgan fingerprint density at radius 2 is 2.04 bits per heavy atom. The number of fused-ring (bicyclic) bond motifs is 2. The summed E-state index contributed by atoms with van der Waals surface area (Å²) in [5, 5.41) is 4.65. The number of ether oxygens (including phenoxy) is 1. The predicted octanol–water partition coefficient (Wildman–Crippen LogP) is 3.97. The third-order valence-electron chi connectivity index (χ3n) is 4.58. The summed E-state index contributed by atoms with van der Waals surface area (Å²) in [6.45, 7) is 7.13. The number of anilines is 2. The average Bonchev–Trinajstić information content (AvgIpc) is 2.94. The van der Waals surface area contributed by atoms with Gasteiger partial charge < -0.3 is 19.9 Å². The van der Waals surface area contributed by atoms with Crippen LogP contribution in [0.4, 0.5) is 21.2 Å². The first-order valence-electron chi connectivity index (χ1n) is 8.88. The molecule has 26 heavy (non-hydrogen) atoms. The van der Waals surface area contributed by atoms with E-state index in [9.17, 15) is 4.79 Å². The topological polar surface area (TPSA) is 57.2 Å². The van der Waals surface area contributed by atoms with Crippen molar-refractivity contribution in [3.8, 4) is 0 Å².